The Labute approximate surface area is 116 Å². The Morgan fingerprint density at radius 2 is 1.95 bits per heavy atom. The fourth-order valence-electron chi connectivity index (χ4n) is 1.66. The lowest BCUT2D eigenvalue weighted by molar-refractivity contribution is -0.148. The van der Waals surface area contributed by atoms with Crippen molar-refractivity contribution < 1.29 is 24.2 Å². The SMILES string of the molecule is CC(=O)OCC(=O)N[C@H](Cc1ccccc1C)C(=O)O. The lowest BCUT2D eigenvalue weighted by Crippen LogP contribution is -2.44. The molecule has 2 N–H and O–H groups in total. The highest BCUT2D eigenvalue weighted by atomic mass is 16.5. The predicted molar refractivity (Wildman–Crippen MR) is 71.1 cm³/mol. The number of carbonyl (C=O) groups is 3. The number of esters is 1. The molecular formula is C14H17NO5. The van der Waals surface area contributed by atoms with Crippen LogP contribution in [0.2, 0.25) is 0 Å². The number of carbonyl (C=O) groups excluding carboxylic acids is 2. The summed E-state index contributed by atoms with van der Waals surface area (Å²) in [5.74, 6) is -2.36. The van der Waals surface area contributed by atoms with Gasteiger partial charge in [0.05, 0.1) is 0 Å². The highest BCUT2D eigenvalue weighted by Crippen LogP contribution is 2.10. The summed E-state index contributed by atoms with van der Waals surface area (Å²) >= 11 is 0. The molecule has 6 nitrogen and oxygen atoms in total. The largest absolute Gasteiger partial charge is 0.480 e. The van der Waals surface area contributed by atoms with Crippen LogP contribution in [-0.4, -0.2) is 35.6 Å². The van der Waals surface area contributed by atoms with Crippen molar-refractivity contribution in [3.8, 4) is 0 Å². The fourth-order valence-corrected chi connectivity index (χ4v) is 1.66. The zero-order chi connectivity index (χ0) is 15.1. The second-order valence-corrected chi connectivity index (χ2v) is 4.37. The molecule has 0 heterocycles. The van der Waals surface area contributed by atoms with Gasteiger partial charge in [-0.3, -0.25) is 9.59 Å². The third-order valence-electron chi connectivity index (χ3n) is 2.73. The molecule has 1 aromatic carbocycles. The summed E-state index contributed by atoms with van der Waals surface area (Å²) in [5, 5.41) is 11.5. The number of aryl methyl sites for hydroxylation is 1. The summed E-state index contributed by atoms with van der Waals surface area (Å²) in [4.78, 5) is 33.2. The third kappa shape index (κ3) is 5.09. The van der Waals surface area contributed by atoms with Gasteiger partial charge in [-0.25, -0.2) is 4.79 Å². The van der Waals surface area contributed by atoms with Crippen molar-refractivity contribution in [2.24, 2.45) is 0 Å². The topological polar surface area (TPSA) is 92.7 Å². The van der Waals surface area contributed by atoms with Crippen molar-refractivity contribution in [1.29, 1.82) is 0 Å². The molecule has 0 unspecified atom stereocenters. The number of aliphatic carboxylic acids is 1. The first kappa shape index (κ1) is 15.7. The molecule has 1 rings (SSSR count). The van der Waals surface area contributed by atoms with E-state index in [0.29, 0.717) is 0 Å². The molecule has 20 heavy (non-hydrogen) atoms. The molecule has 1 amide bonds. The van der Waals surface area contributed by atoms with Gasteiger partial charge in [0.15, 0.2) is 6.61 Å². The average Bonchev–Trinajstić information content (AvgIpc) is 2.38. The van der Waals surface area contributed by atoms with Crippen molar-refractivity contribution in [1.82, 2.24) is 5.32 Å². The number of hydrogen-bond donors (Lipinski definition) is 2. The zero-order valence-electron chi connectivity index (χ0n) is 11.4. The van der Waals surface area contributed by atoms with E-state index in [1.165, 1.54) is 6.92 Å². The predicted octanol–water partition coefficient (Wildman–Crippen LogP) is 0.670. The van der Waals surface area contributed by atoms with Crippen LogP contribution < -0.4 is 5.32 Å². The summed E-state index contributed by atoms with van der Waals surface area (Å²) in [7, 11) is 0. The molecule has 0 saturated heterocycles. The van der Waals surface area contributed by atoms with Crippen molar-refractivity contribution in [2.45, 2.75) is 26.3 Å². The van der Waals surface area contributed by atoms with E-state index in [-0.39, 0.29) is 6.42 Å². The zero-order valence-corrected chi connectivity index (χ0v) is 11.4. The number of hydrogen-bond acceptors (Lipinski definition) is 4. The minimum absolute atomic E-state index is 0.174. The monoisotopic (exact) mass is 279 g/mol. The second-order valence-electron chi connectivity index (χ2n) is 4.37. The van der Waals surface area contributed by atoms with E-state index in [0.717, 1.165) is 11.1 Å². The van der Waals surface area contributed by atoms with E-state index in [1.807, 2.05) is 31.2 Å². The maximum atomic E-state index is 11.5. The first-order valence-electron chi connectivity index (χ1n) is 6.10. The molecule has 0 fully saturated rings. The minimum Gasteiger partial charge on any atom is -0.480 e. The Balaban J connectivity index is 2.66. The van der Waals surface area contributed by atoms with E-state index in [2.05, 4.69) is 10.1 Å². The second kappa shape index (κ2) is 7.28. The molecule has 1 atom stereocenters. The molecule has 0 aliphatic rings. The number of rotatable bonds is 6. The summed E-state index contributed by atoms with van der Waals surface area (Å²) in [6, 6.07) is 6.29. The third-order valence-corrected chi connectivity index (χ3v) is 2.73. The van der Waals surface area contributed by atoms with Crippen LogP contribution in [-0.2, 0) is 25.5 Å². The molecule has 1 aromatic rings. The molecule has 108 valence electrons. The molecule has 0 aliphatic carbocycles. The number of nitrogens with one attached hydrogen (secondary N) is 1. The van der Waals surface area contributed by atoms with Gasteiger partial charge in [0.1, 0.15) is 6.04 Å². The fraction of sp³-hybridized carbons (Fsp3) is 0.357. The van der Waals surface area contributed by atoms with Crippen LogP contribution in [0, 0.1) is 6.92 Å². The van der Waals surface area contributed by atoms with Crippen molar-refractivity contribution in [3.63, 3.8) is 0 Å². The van der Waals surface area contributed by atoms with E-state index in [4.69, 9.17) is 5.11 Å². The molecule has 0 spiro atoms. The van der Waals surface area contributed by atoms with E-state index >= 15 is 0 Å². The highest BCUT2D eigenvalue weighted by Gasteiger charge is 2.21. The van der Waals surface area contributed by atoms with Gasteiger partial charge in [-0.1, -0.05) is 24.3 Å². The Morgan fingerprint density at radius 1 is 1.30 bits per heavy atom. The first-order chi connectivity index (χ1) is 9.40. The maximum absolute atomic E-state index is 11.5. The Kier molecular flexibility index (Phi) is 5.71. The summed E-state index contributed by atoms with van der Waals surface area (Å²) in [6.07, 6.45) is 0.174. The normalized spacial score (nSPS) is 11.5. The van der Waals surface area contributed by atoms with Gasteiger partial charge in [-0.2, -0.15) is 0 Å². The van der Waals surface area contributed by atoms with Crippen LogP contribution >= 0.6 is 0 Å². The minimum atomic E-state index is -1.13. The number of carboxylic acid groups (broad SMARTS) is 1. The lowest BCUT2D eigenvalue weighted by Gasteiger charge is -2.15. The molecule has 0 aliphatic heterocycles. The Hall–Kier alpha value is -2.37. The van der Waals surface area contributed by atoms with Gasteiger partial charge >= 0.3 is 11.9 Å². The maximum Gasteiger partial charge on any atom is 0.326 e. The number of carboxylic acids is 1. The van der Waals surface area contributed by atoms with Gasteiger partial charge in [-0.15, -0.1) is 0 Å². The van der Waals surface area contributed by atoms with Crippen LogP contribution in [0.3, 0.4) is 0 Å². The molecule has 6 heteroatoms. The summed E-state index contributed by atoms with van der Waals surface area (Å²) in [6.45, 7) is 2.57. The number of ether oxygens (including phenoxy) is 1. The van der Waals surface area contributed by atoms with E-state index in [1.54, 1.807) is 0 Å². The van der Waals surface area contributed by atoms with Crippen LogP contribution in [0.5, 0.6) is 0 Å². The van der Waals surface area contributed by atoms with Crippen LogP contribution in [0.4, 0.5) is 0 Å². The molecule has 0 saturated carbocycles. The van der Waals surface area contributed by atoms with Gasteiger partial charge in [0.25, 0.3) is 5.91 Å². The average molecular weight is 279 g/mol. The smallest absolute Gasteiger partial charge is 0.326 e. The number of benzene rings is 1. The van der Waals surface area contributed by atoms with Gasteiger partial charge in [-0.05, 0) is 18.1 Å². The Morgan fingerprint density at radius 3 is 2.50 bits per heavy atom. The van der Waals surface area contributed by atoms with Crippen LogP contribution in [0.15, 0.2) is 24.3 Å². The summed E-state index contributed by atoms with van der Waals surface area (Å²) < 4.78 is 4.51. The first-order valence-corrected chi connectivity index (χ1v) is 6.10. The number of amides is 1. The van der Waals surface area contributed by atoms with Crippen molar-refractivity contribution in [3.05, 3.63) is 35.4 Å². The van der Waals surface area contributed by atoms with Crippen LogP contribution in [0.1, 0.15) is 18.1 Å². The molecule has 0 bridgehead atoms. The lowest BCUT2D eigenvalue weighted by atomic mass is 10.0. The van der Waals surface area contributed by atoms with E-state index < -0.39 is 30.5 Å². The molecule has 0 aromatic heterocycles. The quantitative estimate of drug-likeness (QED) is 0.747. The van der Waals surface area contributed by atoms with Gasteiger partial charge in [0.2, 0.25) is 0 Å². The van der Waals surface area contributed by atoms with Crippen molar-refractivity contribution >= 4 is 17.8 Å². The van der Waals surface area contributed by atoms with E-state index in [9.17, 15) is 14.4 Å². The molecular weight excluding hydrogens is 262 g/mol. The molecule has 0 radical (unpaired) electrons. The van der Waals surface area contributed by atoms with Gasteiger partial charge in [0, 0.05) is 13.3 Å². The van der Waals surface area contributed by atoms with Crippen molar-refractivity contribution in [2.75, 3.05) is 6.61 Å². The highest BCUT2D eigenvalue weighted by molar-refractivity contribution is 5.85. The Bertz CT molecular complexity index is 512. The summed E-state index contributed by atoms with van der Waals surface area (Å²) in [5.41, 5.74) is 1.79. The van der Waals surface area contributed by atoms with Gasteiger partial charge < -0.3 is 15.2 Å². The van der Waals surface area contributed by atoms with Crippen LogP contribution in [0.25, 0.3) is 0 Å². The standard InChI is InChI=1S/C14H17NO5/c1-9-5-3-4-6-11(9)7-12(14(18)19)15-13(17)8-20-10(2)16/h3-6,12H,7-8H2,1-2H3,(H,15,17)(H,18,19)/t12-/m1/s1.